The van der Waals surface area contributed by atoms with Crippen molar-refractivity contribution in [2.45, 2.75) is 38.6 Å². The van der Waals surface area contributed by atoms with Gasteiger partial charge in [0.1, 0.15) is 5.01 Å². The number of hydrogen-bond donors (Lipinski definition) is 2. The molecule has 1 aliphatic carbocycles. The highest BCUT2D eigenvalue weighted by Crippen LogP contribution is 2.58. The molecule has 0 radical (unpaired) electrons. The predicted octanol–water partition coefficient (Wildman–Crippen LogP) is 2.94. The van der Waals surface area contributed by atoms with Crippen LogP contribution in [-0.4, -0.2) is 24.0 Å². The smallest absolute Gasteiger partial charge is 0.224 e. The van der Waals surface area contributed by atoms with Crippen LogP contribution in [0.5, 0.6) is 0 Å². The van der Waals surface area contributed by atoms with Crippen molar-refractivity contribution in [1.29, 1.82) is 0 Å². The Kier molecular flexibility index (Phi) is 6.91. The molecule has 1 aliphatic heterocycles. The van der Waals surface area contributed by atoms with E-state index in [1.165, 1.54) is 0 Å². The van der Waals surface area contributed by atoms with Gasteiger partial charge in [-0.25, -0.2) is 4.98 Å². The topological polar surface area (TPSA) is 54.0 Å². The van der Waals surface area contributed by atoms with E-state index >= 15 is 0 Å². The number of aromatic nitrogens is 1. The first-order valence-electron chi connectivity index (χ1n) is 7.16. The largest absolute Gasteiger partial charge is 0.347 e. The summed E-state index contributed by atoms with van der Waals surface area (Å²) in [6.07, 6.45) is 6.09. The van der Waals surface area contributed by atoms with Gasteiger partial charge in [0, 0.05) is 17.5 Å². The zero-order chi connectivity index (χ0) is 13.3. The van der Waals surface area contributed by atoms with E-state index in [0.29, 0.717) is 5.41 Å². The third kappa shape index (κ3) is 3.89. The summed E-state index contributed by atoms with van der Waals surface area (Å²) in [6.45, 7) is 4.22. The van der Waals surface area contributed by atoms with Crippen molar-refractivity contribution < 1.29 is 4.79 Å². The maximum absolute atomic E-state index is 12.4. The molecule has 1 amide bonds. The Morgan fingerprint density at radius 2 is 2.24 bits per heavy atom. The van der Waals surface area contributed by atoms with Gasteiger partial charge in [-0.2, -0.15) is 0 Å². The first kappa shape index (κ1) is 18.7. The van der Waals surface area contributed by atoms with E-state index in [0.717, 1.165) is 43.8 Å². The maximum Gasteiger partial charge on any atom is 0.224 e. The highest BCUT2D eigenvalue weighted by atomic mass is 35.5. The van der Waals surface area contributed by atoms with Crippen LogP contribution in [0, 0.1) is 11.3 Å². The second-order valence-corrected chi connectivity index (χ2v) is 6.63. The summed E-state index contributed by atoms with van der Waals surface area (Å²) in [4.78, 5) is 16.7. The quantitative estimate of drug-likeness (QED) is 0.876. The summed E-state index contributed by atoms with van der Waals surface area (Å²) in [7, 11) is 0. The number of piperidine rings is 1. The number of carbonyl (C=O) groups excluding carboxylic acids is 1. The predicted molar refractivity (Wildman–Crippen MR) is 90.4 cm³/mol. The van der Waals surface area contributed by atoms with Crippen molar-refractivity contribution in [3.05, 3.63) is 16.6 Å². The maximum atomic E-state index is 12.4. The van der Waals surface area contributed by atoms with E-state index in [2.05, 4.69) is 22.5 Å². The molecule has 2 heterocycles. The summed E-state index contributed by atoms with van der Waals surface area (Å²) in [6, 6.07) is 0.0897. The van der Waals surface area contributed by atoms with E-state index in [4.69, 9.17) is 0 Å². The van der Waals surface area contributed by atoms with Gasteiger partial charge in [0.25, 0.3) is 0 Å². The molecule has 1 saturated carbocycles. The van der Waals surface area contributed by atoms with Gasteiger partial charge >= 0.3 is 0 Å². The first-order chi connectivity index (χ1) is 9.25. The lowest BCUT2D eigenvalue weighted by molar-refractivity contribution is -0.124. The van der Waals surface area contributed by atoms with Crippen LogP contribution in [-0.2, 0) is 4.79 Å². The Hall–Kier alpha value is -0.360. The van der Waals surface area contributed by atoms with Crippen LogP contribution in [0.4, 0.5) is 0 Å². The normalized spacial score (nSPS) is 23.6. The van der Waals surface area contributed by atoms with E-state index < -0.39 is 0 Å². The molecule has 2 aliphatic rings. The molecule has 2 unspecified atom stereocenters. The molecule has 120 valence electrons. The molecule has 1 spiro atoms. The van der Waals surface area contributed by atoms with Gasteiger partial charge in [-0.05, 0) is 44.2 Å². The molecule has 0 bridgehead atoms. The zero-order valence-corrected chi connectivity index (χ0v) is 14.6. The minimum absolute atomic E-state index is 0. The molecular formula is C14H23Cl2N3OS. The number of rotatable bonds is 4. The Labute approximate surface area is 142 Å². The Bertz CT molecular complexity index is 449. The van der Waals surface area contributed by atoms with Crippen molar-refractivity contribution in [3.63, 3.8) is 0 Å². The van der Waals surface area contributed by atoms with Gasteiger partial charge in [-0.15, -0.1) is 36.2 Å². The minimum Gasteiger partial charge on any atom is -0.347 e. The van der Waals surface area contributed by atoms with Crippen LogP contribution in [0.25, 0.3) is 0 Å². The van der Waals surface area contributed by atoms with Gasteiger partial charge in [0.15, 0.2) is 0 Å². The van der Waals surface area contributed by atoms with Crippen molar-refractivity contribution in [1.82, 2.24) is 15.6 Å². The lowest BCUT2D eigenvalue weighted by Gasteiger charge is -2.23. The average Bonchev–Trinajstić information content (AvgIpc) is 2.90. The van der Waals surface area contributed by atoms with Crippen LogP contribution in [0.1, 0.15) is 43.7 Å². The molecule has 1 saturated heterocycles. The first-order valence-corrected chi connectivity index (χ1v) is 8.03. The molecule has 2 atom stereocenters. The average molecular weight is 352 g/mol. The number of halogens is 2. The fourth-order valence-electron chi connectivity index (χ4n) is 3.21. The van der Waals surface area contributed by atoms with Crippen LogP contribution < -0.4 is 10.6 Å². The van der Waals surface area contributed by atoms with Gasteiger partial charge in [-0.3, -0.25) is 4.79 Å². The minimum atomic E-state index is 0. The van der Waals surface area contributed by atoms with Crippen molar-refractivity contribution in [2.75, 3.05) is 13.1 Å². The molecular weight excluding hydrogens is 329 g/mol. The molecule has 1 aromatic heterocycles. The molecule has 0 aromatic carbocycles. The van der Waals surface area contributed by atoms with Crippen LogP contribution in [0.3, 0.4) is 0 Å². The summed E-state index contributed by atoms with van der Waals surface area (Å²) < 4.78 is 0. The molecule has 7 heteroatoms. The number of hydrogen-bond acceptors (Lipinski definition) is 4. The van der Waals surface area contributed by atoms with E-state index in [9.17, 15) is 4.79 Å². The van der Waals surface area contributed by atoms with Crippen molar-refractivity contribution in [3.8, 4) is 0 Å². The van der Waals surface area contributed by atoms with Crippen LogP contribution >= 0.6 is 36.2 Å². The van der Waals surface area contributed by atoms with Gasteiger partial charge in [0.2, 0.25) is 5.91 Å². The summed E-state index contributed by atoms with van der Waals surface area (Å²) in [5.74, 6) is 0.479. The lowest BCUT2D eigenvalue weighted by Crippen LogP contribution is -2.35. The highest BCUT2D eigenvalue weighted by molar-refractivity contribution is 7.09. The number of carbonyl (C=O) groups is 1. The van der Waals surface area contributed by atoms with E-state index in [1.54, 1.807) is 17.5 Å². The second kappa shape index (κ2) is 7.77. The number of nitrogens with one attached hydrogen (secondary N) is 2. The van der Waals surface area contributed by atoms with Gasteiger partial charge < -0.3 is 10.6 Å². The molecule has 2 N–H and O–H groups in total. The molecule has 21 heavy (non-hydrogen) atoms. The number of nitrogens with zero attached hydrogens (tertiary/aromatic N) is 1. The van der Waals surface area contributed by atoms with Crippen LogP contribution in [0.2, 0.25) is 0 Å². The van der Waals surface area contributed by atoms with E-state index in [1.807, 2.05) is 5.38 Å². The Morgan fingerprint density at radius 3 is 2.81 bits per heavy atom. The zero-order valence-electron chi connectivity index (χ0n) is 12.1. The molecule has 3 rings (SSSR count). The standard InChI is InChI=1S/C14H21N3OS.2ClH/c1-2-11(13-16-7-8-19-13)17-12(18)10-9-14(10)3-5-15-6-4-14;;/h7-8,10-11,15H,2-6,9H2,1H3,(H,17,18);2*1H. The fraction of sp³-hybridized carbons (Fsp3) is 0.714. The summed E-state index contributed by atoms with van der Waals surface area (Å²) >= 11 is 1.62. The van der Waals surface area contributed by atoms with Crippen molar-refractivity contribution in [2.24, 2.45) is 11.3 Å². The Morgan fingerprint density at radius 1 is 1.52 bits per heavy atom. The molecule has 2 fully saturated rings. The van der Waals surface area contributed by atoms with Crippen LogP contribution in [0.15, 0.2) is 11.6 Å². The molecule has 4 nitrogen and oxygen atoms in total. The third-order valence-electron chi connectivity index (χ3n) is 4.58. The summed E-state index contributed by atoms with van der Waals surface area (Å²) in [5.41, 5.74) is 0.316. The fourth-order valence-corrected chi connectivity index (χ4v) is 3.99. The SMILES string of the molecule is CCC(NC(=O)C1CC12CCNCC2)c1nccs1.Cl.Cl. The number of thiazole rings is 1. The monoisotopic (exact) mass is 351 g/mol. The van der Waals surface area contributed by atoms with Gasteiger partial charge in [0.05, 0.1) is 6.04 Å². The third-order valence-corrected chi connectivity index (χ3v) is 5.47. The lowest BCUT2D eigenvalue weighted by atomic mass is 9.91. The summed E-state index contributed by atoms with van der Waals surface area (Å²) in [5, 5.41) is 9.56. The number of amides is 1. The molecule has 1 aromatic rings. The Balaban J connectivity index is 0.00000110. The highest BCUT2D eigenvalue weighted by Gasteiger charge is 2.57. The van der Waals surface area contributed by atoms with Gasteiger partial charge in [-0.1, -0.05) is 6.92 Å². The van der Waals surface area contributed by atoms with Crippen molar-refractivity contribution >= 4 is 42.1 Å². The van der Waals surface area contributed by atoms with E-state index in [-0.39, 0.29) is 42.7 Å². The second-order valence-electron chi connectivity index (χ2n) is 5.71.